The molecule has 10 nitrogen and oxygen atoms in total. The Balaban J connectivity index is 0.690. The summed E-state index contributed by atoms with van der Waals surface area (Å²) in [6.07, 6.45) is 20.1. The number of carbonyl (C=O) groups is 2. The van der Waals surface area contributed by atoms with Gasteiger partial charge in [-0.05, 0) is 180 Å². The number of aryl methyl sites for hydroxylation is 3. The van der Waals surface area contributed by atoms with Crippen molar-refractivity contribution in [2.24, 2.45) is 10.9 Å². The van der Waals surface area contributed by atoms with Crippen LogP contribution in [0.25, 0.3) is 11.1 Å². The zero-order valence-electron chi connectivity index (χ0n) is 47.9. The molecule has 1 saturated heterocycles. The Morgan fingerprint density at radius 1 is 0.646 bits per heavy atom. The molecule has 0 radical (unpaired) electrons. The maximum Gasteiger partial charge on any atom is 0.338 e. The van der Waals surface area contributed by atoms with Gasteiger partial charge in [0.1, 0.15) is 36.2 Å². The van der Waals surface area contributed by atoms with E-state index in [1.165, 1.54) is 55.9 Å². The lowest BCUT2D eigenvalue weighted by Crippen LogP contribution is -2.36. The summed E-state index contributed by atoms with van der Waals surface area (Å²) in [5.41, 5.74) is 21.9. The minimum atomic E-state index is -0.329. The highest BCUT2D eigenvalue weighted by molar-refractivity contribution is 8.76. The SMILES string of the molecule is CCCCc1cc2c(c3c1=NCCC3)Oc1c(cc3c4c1CCCN4CCC3)C=2c1ccccc1C(=O)OCCSSCCOC(=O)c1ccccc1C1=C2C=C3CCCNCCCC(=C2Oc2c1cc1c4c2CCCN4CCC1)C3C. The molecule has 5 aromatic rings. The summed E-state index contributed by atoms with van der Waals surface area (Å²) in [6.45, 7) is 12.3. The van der Waals surface area contributed by atoms with Gasteiger partial charge in [0.05, 0.1) is 16.5 Å². The molecule has 8 aliphatic heterocycles. The molecule has 1 aliphatic carbocycles. The molecule has 0 aromatic heterocycles. The first kappa shape index (κ1) is 53.8. The Morgan fingerprint density at radius 2 is 1.23 bits per heavy atom. The fourth-order valence-electron chi connectivity index (χ4n) is 15.1. The first-order valence-corrected chi connectivity index (χ1v) is 33.6. The summed E-state index contributed by atoms with van der Waals surface area (Å²) < 4.78 is 26.9. The van der Waals surface area contributed by atoms with E-state index in [1.807, 2.05) is 30.3 Å². The van der Waals surface area contributed by atoms with Crippen LogP contribution in [0.4, 0.5) is 11.4 Å². The van der Waals surface area contributed by atoms with E-state index in [-0.39, 0.29) is 25.2 Å². The molecule has 1 atom stereocenters. The van der Waals surface area contributed by atoms with Crippen LogP contribution in [-0.4, -0.2) is 82.5 Å². The normalized spacial score (nSPS) is 19.4. The highest BCUT2D eigenvalue weighted by Gasteiger charge is 2.40. The van der Waals surface area contributed by atoms with E-state index >= 15 is 0 Å². The molecule has 8 heterocycles. The van der Waals surface area contributed by atoms with Gasteiger partial charge in [0.15, 0.2) is 0 Å². The number of rotatable bonds is 14. The van der Waals surface area contributed by atoms with Crippen LogP contribution in [0.2, 0.25) is 0 Å². The van der Waals surface area contributed by atoms with Gasteiger partial charge >= 0.3 is 11.9 Å². The van der Waals surface area contributed by atoms with Gasteiger partial charge < -0.3 is 34.1 Å². The number of unbranched alkanes of at least 4 members (excludes halogenated alkanes) is 1. The molecule has 1 unspecified atom stereocenters. The van der Waals surface area contributed by atoms with Crippen molar-refractivity contribution in [3.8, 4) is 17.2 Å². The zero-order chi connectivity index (χ0) is 55.3. The number of esters is 2. The highest BCUT2D eigenvalue weighted by atomic mass is 33.1. The molecule has 1 N–H and O–H groups in total. The number of fused-ring (bicyclic) bond motifs is 10. The van der Waals surface area contributed by atoms with Gasteiger partial charge in [0, 0.05) is 111 Å². The van der Waals surface area contributed by atoms with Crippen molar-refractivity contribution in [1.29, 1.82) is 0 Å². The lowest BCUT2D eigenvalue weighted by molar-refractivity contribution is 0.0520. The standard InChI is InChI=1S/C70H76N4O6S2/c1-3-4-16-45-40-57-61(59-42-47-19-13-32-74-34-15-27-55(64(47)74)68(59)80-66(57)53-25-11-30-72-62(45)53)50-21-6-8-23-52(50)70(76)78-36-38-82-81-37-35-77-69(75)51-22-7-5-20-49(51)60-56-39-44-17-9-28-71-29-10-24-48(43(44)2)65(56)79-67-54-26-14-33-73-31-12-18-46(63(54)73)41-58(60)67/h5-8,20-23,39-43,71H,3-4,9-19,24-38H2,1-2H3. The molecule has 9 aliphatic rings. The first-order chi connectivity index (χ1) is 40.4. The predicted octanol–water partition coefficient (Wildman–Crippen LogP) is 12.9. The summed E-state index contributed by atoms with van der Waals surface area (Å²) in [7, 11) is 3.27. The fraction of sp³-hybridized carbons (Fsp3) is 0.443. The molecular formula is C70H76N4O6S2. The maximum atomic E-state index is 14.5. The number of hydrogen-bond donors (Lipinski definition) is 1. The van der Waals surface area contributed by atoms with Crippen LogP contribution in [0.1, 0.15) is 161 Å². The van der Waals surface area contributed by atoms with Gasteiger partial charge in [-0.1, -0.05) is 89.9 Å². The molecule has 1 fully saturated rings. The van der Waals surface area contributed by atoms with E-state index in [9.17, 15) is 9.59 Å². The summed E-state index contributed by atoms with van der Waals surface area (Å²) in [5, 5.41) is 5.84. The van der Waals surface area contributed by atoms with Crippen LogP contribution in [-0.2, 0) is 48.0 Å². The summed E-state index contributed by atoms with van der Waals surface area (Å²) in [4.78, 5) is 39.2. The van der Waals surface area contributed by atoms with Crippen LogP contribution >= 0.6 is 21.6 Å². The van der Waals surface area contributed by atoms with Gasteiger partial charge in [-0.2, -0.15) is 0 Å². The first-order valence-electron chi connectivity index (χ1n) is 31.1. The largest absolute Gasteiger partial charge is 0.461 e. The number of hydrogen-bond acceptors (Lipinski definition) is 12. The van der Waals surface area contributed by atoms with Gasteiger partial charge in [0.2, 0.25) is 0 Å². The number of carbonyl (C=O) groups excluding carboxylic acids is 2. The van der Waals surface area contributed by atoms with E-state index in [1.54, 1.807) is 21.6 Å². The van der Waals surface area contributed by atoms with Crippen LogP contribution in [0, 0.1) is 5.92 Å². The van der Waals surface area contributed by atoms with Crippen molar-refractivity contribution >= 4 is 56.0 Å². The molecule has 0 saturated carbocycles. The smallest absolute Gasteiger partial charge is 0.338 e. The summed E-state index contributed by atoms with van der Waals surface area (Å²) in [5.74, 6) is 4.70. The second-order valence-electron chi connectivity index (χ2n) is 23.8. The molecule has 14 rings (SSSR count). The second kappa shape index (κ2) is 23.4. The monoisotopic (exact) mass is 1130 g/mol. The van der Waals surface area contributed by atoms with E-state index in [2.05, 4.69) is 71.4 Å². The van der Waals surface area contributed by atoms with E-state index < -0.39 is 0 Å². The maximum absolute atomic E-state index is 14.5. The highest BCUT2D eigenvalue weighted by Crippen LogP contribution is 2.54. The Hall–Kier alpha value is -6.21. The number of nitrogens with zero attached hydrogens (tertiary/aromatic N) is 3. The minimum Gasteiger partial charge on any atom is -0.461 e. The zero-order valence-corrected chi connectivity index (χ0v) is 49.5. The number of allylic oxidation sites excluding steroid dienone is 3. The van der Waals surface area contributed by atoms with Gasteiger partial charge in [-0.15, -0.1) is 0 Å². The third-order valence-corrected chi connectivity index (χ3v) is 21.1. The van der Waals surface area contributed by atoms with Crippen molar-refractivity contribution in [3.63, 3.8) is 0 Å². The van der Waals surface area contributed by atoms with Crippen molar-refractivity contribution in [2.75, 3.05) is 80.3 Å². The van der Waals surface area contributed by atoms with E-state index in [0.717, 1.165) is 228 Å². The third-order valence-electron chi connectivity index (χ3n) is 18.8. The van der Waals surface area contributed by atoms with Crippen molar-refractivity contribution < 1.29 is 28.5 Å². The summed E-state index contributed by atoms with van der Waals surface area (Å²) >= 11 is 0. The predicted molar refractivity (Wildman–Crippen MR) is 332 cm³/mol. The van der Waals surface area contributed by atoms with Gasteiger partial charge in [0.25, 0.3) is 0 Å². The number of benzene rings is 5. The molecule has 5 aromatic carbocycles. The lowest BCUT2D eigenvalue weighted by atomic mass is 9.75. The van der Waals surface area contributed by atoms with Crippen LogP contribution in [0.3, 0.4) is 0 Å². The Morgan fingerprint density at radius 3 is 1.89 bits per heavy atom. The molecular weight excluding hydrogens is 1060 g/mol. The van der Waals surface area contributed by atoms with Crippen LogP contribution in [0.5, 0.6) is 17.2 Å². The number of nitrogens with one attached hydrogen (secondary N) is 1. The van der Waals surface area contributed by atoms with E-state index in [0.29, 0.717) is 28.6 Å². The summed E-state index contributed by atoms with van der Waals surface area (Å²) in [6, 6.07) is 23.2. The lowest BCUT2D eigenvalue weighted by Gasteiger charge is -2.41. The molecule has 0 amide bonds. The van der Waals surface area contributed by atoms with Gasteiger partial charge in [-0.25, -0.2) is 9.59 Å². The second-order valence-corrected chi connectivity index (χ2v) is 26.5. The fourth-order valence-corrected chi connectivity index (χ4v) is 16.7. The molecule has 2 bridgehead atoms. The third kappa shape index (κ3) is 9.79. The Labute approximate surface area is 491 Å². The average Bonchev–Trinajstić information content (AvgIpc) is 2.04. The Kier molecular flexibility index (Phi) is 15.4. The average molecular weight is 1130 g/mol. The van der Waals surface area contributed by atoms with Crippen molar-refractivity contribution in [1.82, 2.24) is 5.32 Å². The molecule has 12 heteroatoms. The van der Waals surface area contributed by atoms with Crippen LogP contribution < -0.4 is 35.2 Å². The van der Waals surface area contributed by atoms with Crippen molar-refractivity contribution in [2.45, 2.75) is 123 Å². The number of ether oxygens (including phenoxy) is 4. The number of anilines is 2. The quantitative estimate of drug-likeness (QED) is 0.0641. The molecule has 424 valence electrons. The van der Waals surface area contributed by atoms with E-state index in [4.69, 9.17) is 23.9 Å². The topological polar surface area (TPSA) is 102 Å². The molecule has 82 heavy (non-hydrogen) atoms. The van der Waals surface area contributed by atoms with Crippen LogP contribution in [0.15, 0.2) is 100 Å². The minimum absolute atomic E-state index is 0.253. The molecule has 0 spiro atoms. The van der Waals surface area contributed by atoms with Gasteiger partial charge in [-0.3, -0.25) is 4.99 Å². The Bertz CT molecular complexity index is 3650. The van der Waals surface area contributed by atoms with Crippen molar-refractivity contribution in [3.05, 3.63) is 173 Å².